The van der Waals surface area contributed by atoms with Crippen molar-refractivity contribution in [2.24, 2.45) is 0 Å². The molecule has 1 amide bonds. The van der Waals surface area contributed by atoms with E-state index in [1.807, 2.05) is 36.4 Å². The summed E-state index contributed by atoms with van der Waals surface area (Å²) in [6, 6.07) is 17.0. The number of rotatable bonds is 6. The van der Waals surface area contributed by atoms with Crippen LogP contribution in [0.5, 0.6) is 5.75 Å². The molecule has 26 heavy (non-hydrogen) atoms. The Morgan fingerprint density at radius 1 is 1.12 bits per heavy atom. The second kappa shape index (κ2) is 8.44. The number of thioether (sulfide) groups is 1. The highest BCUT2D eigenvalue weighted by Crippen LogP contribution is 2.22. The van der Waals surface area contributed by atoms with E-state index in [2.05, 4.69) is 15.5 Å². The molecule has 0 radical (unpaired) electrons. The van der Waals surface area contributed by atoms with Crippen LogP contribution in [0.25, 0.3) is 11.3 Å². The lowest BCUT2D eigenvalue weighted by atomic mass is 10.1. The normalized spacial score (nSPS) is 10.4. The zero-order valence-corrected chi connectivity index (χ0v) is 14.8. The van der Waals surface area contributed by atoms with E-state index in [4.69, 9.17) is 4.74 Å². The lowest BCUT2D eigenvalue weighted by molar-refractivity contribution is -0.113. The minimum absolute atomic E-state index is 0.160. The van der Waals surface area contributed by atoms with E-state index < -0.39 is 5.82 Å². The molecule has 0 fully saturated rings. The number of hydrogen-bond donors (Lipinski definition) is 1. The van der Waals surface area contributed by atoms with Crippen LogP contribution in [-0.2, 0) is 4.79 Å². The number of carbonyl (C=O) groups excluding carboxylic acids is 1. The number of nitrogens with one attached hydrogen (secondary N) is 1. The van der Waals surface area contributed by atoms with Crippen LogP contribution in [0.1, 0.15) is 0 Å². The molecule has 0 aliphatic rings. The summed E-state index contributed by atoms with van der Waals surface area (Å²) in [7, 11) is 1.62. The Morgan fingerprint density at radius 2 is 1.92 bits per heavy atom. The molecule has 0 aliphatic heterocycles. The number of carbonyl (C=O) groups is 1. The van der Waals surface area contributed by atoms with Gasteiger partial charge in [-0.2, -0.15) is 0 Å². The lowest BCUT2D eigenvalue weighted by Crippen LogP contribution is -2.14. The van der Waals surface area contributed by atoms with Crippen LogP contribution in [0.4, 0.5) is 10.1 Å². The van der Waals surface area contributed by atoms with Gasteiger partial charge in [0.2, 0.25) is 5.91 Å². The third-order valence-electron chi connectivity index (χ3n) is 3.49. The smallest absolute Gasteiger partial charge is 0.234 e. The largest absolute Gasteiger partial charge is 0.497 e. The van der Waals surface area contributed by atoms with E-state index in [0.717, 1.165) is 17.0 Å². The fraction of sp³-hybridized carbons (Fsp3) is 0.105. The minimum Gasteiger partial charge on any atom is -0.497 e. The number of aromatic nitrogens is 2. The van der Waals surface area contributed by atoms with Crippen LogP contribution in [0, 0.1) is 5.82 Å². The first-order valence-electron chi connectivity index (χ1n) is 7.80. The number of nitrogens with zero attached hydrogens (tertiary/aromatic N) is 2. The molecular weight excluding hydrogens is 353 g/mol. The third-order valence-corrected chi connectivity index (χ3v) is 4.41. The number of ether oxygens (including phenoxy) is 1. The molecular formula is C19H16FN3O2S. The van der Waals surface area contributed by atoms with Crippen LogP contribution in [0.2, 0.25) is 0 Å². The van der Waals surface area contributed by atoms with Gasteiger partial charge >= 0.3 is 0 Å². The molecule has 0 atom stereocenters. The number of benzene rings is 2. The van der Waals surface area contributed by atoms with E-state index in [1.165, 1.54) is 23.9 Å². The number of methoxy groups -OCH3 is 1. The molecule has 0 aliphatic carbocycles. The number of amides is 1. The summed E-state index contributed by atoms with van der Waals surface area (Å²) in [5.41, 5.74) is 2.09. The quantitative estimate of drug-likeness (QED) is 0.665. The van der Waals surface area contributed by atoms with Crippen molar-refractivity contribution in [3.8, 4) is 17.0 Å². The Bertz CT molecular complexity index is 886. The van der Waals surface area contributed by atoms with Gasteiger partial charge in [-0.25, -0.2) is 4.39 Å². The molecule has 1 aromatic heterocycles. The zero-order valence-electron chi connectivity index (χ0n) is 14.0. The van der Waals surface area contributed by atoms with Crippen molar-refractivity contribution in [2.75, 3.05) is 18.2 Å². The summed E-state index contributed by atoms with van der Waals surface area (Å²) in [6.07, 6.45) is 0. The lowest BCUT2D eigenvalue weighted by Gasteiger charge is -2.05. The van der Waals surface area contributed by atoms with Gasteiger partial charge in [0.25, 0.3) is 0 Å². The van der Waals surface area contributed by atoms with Gasteiger partial charge in [0.15, 0.2) is 0 Å². The monoisotopic (exact) mass is 369 g/mol. The number of anilines is 1. The molecule has 132 valence electrons. The fourth-order valence-electron chi connectivity index (χ4n) is 2.22. The van der Waals surface area contributed by atoms with Crippen LogP contribution in [0.15, 0.2) is 65.7 Å². The van der Waals surface area contributed by atoms with Crippen LogP contribution in [-0.4, -0.2) is 29.0 Å². The molecule has 0 unspecified atom stereocenters. The first kappa shape index (κ1) is 17.9. The van der Waals surface area contributed by atoms with Gasteiger partial charge in [-0.05, 0) is 54.6 Å². The van der Waals surface area contributed by atoms with Crippen molar-refractivity contribution < 1.29 is 13.9 Å². The van der Waals surface area contributed by atoms with E-state index in [-0.39, 0.29) is 11.7 Å². The van der Waals surface area contributed by atoms with E-state index >= 15 is 0 Å². The van der Waals surface area contributed by atoms with Crippen molar-refractivity contribution in [3.63, 3.8) is 0 Å². The topological polar surface area (TPSA) is 64.1 Å². The summed E-state index contributed by atoms with van der Waals surface area (Å²) in [6.45, 7) is 0. The molecule has 7 heteroatoms. The van der Waals surface area contributed by atoms with Crippen molar-refractivity contribution in [1.82, 2.24) is 10.2 Å². The van der Waals surface area contributed by atoms with E-state index in [0.29, 0.717) is 10.7 Å². The Labute approximate surface area is 154 Å². The summed E-state index contributed by atoms with van der Waals surface area (Å²) in [5, 5.41) is 11.6. The van der Waals surface area contributed by atoms with E-state index in [1.54, 1.807) is 19.2 Å². The number of hydrogen-bond acceptors (Lipinski definition) is 5. The van der Waals surface area contributed by atoms with E-state index in [9.17, 15) is 9.18 Å². The first-order valence-corrected chi connectivity index (χ1v) is 8.79. The maximum absolute atomic E-state index is 13.1. The second-order valence-electron chi connectivity index (χ2n) is 5.33. The van der Waals surface area contributed by atoms with Crippen LogP contribution >= 0.6 is 11.8 Å². The van der Waals surface area contributed by atoms with Crippen molar-refractivity contribution in [1.29, 1.82) is 0 Å². The van der Waals surface area contributed by atoms with Gasteiger partial charge in [-0.3, -0.25) is 4.79 Å². The van der Waals surface area contributed by atoms with Gasteiger partial charge in [0, 0.05) is 11.3 Å². The SMILES string of the molecule is COc1ccc(-c2ccc(SCC(=O)Nc3cccc(F)c3)nn2)cc1. The summed E-state index contributed by atoms with van der Waals surface area (Å²) in [4.78, 5) is 11.9. The van der Waals surface area contributed by atoms with Gasteiger partial charge in [0.05, 0.1) is 18.6 Å². The molecule has 0 bridgehead atoms. The van der Waals surface area contributed by atoms with Gasteiger partial charge in [-0.15, -0.1) is 10.2 Å². The van der Waals surface area contributed by atoms with Crippen molar-refractivity contribution >= 4 is 23.4 Å². The molecule has 2 aromatic carbocycles. The molecule has 0 spiro atoms. The average Bonchev–Trinajstić information content (AvgIpc) is 2.67. The Kier molecular flexibility index (Phi) is 5.80. The summed E-state index contributed by atoms with van der Waals surface area (Å²) >= 11 is 1.26. The van der Waals surface area contributed by atoms with Gasteiger partial charge in [-0.1, -0.05) is 17.8 Å². The highest BCUT2D eigenvalue weighted by molar-refractivity contribution is 7.99. The molecule has 1 heterocycles. The van der Waals surface area contributed by atoms with Gasteiger partial charge in [0.1, 0.15) is 16.6 Å². The molecule has 3 rings (SSSR count). The standard InChI is InChI=1S/C19H16FN3O2S/c1-25-16-7-5-13(6-8-16)17-9-10-19(23-22-17)26-12-18(24)21-15-4-2-3-14(20)11-15/h2-11H,12H2,1H3,(H,21,24). The minimum atomic E-state index is -0.393. The third kappa shape index (κ3) is 4.80. The van der Waals surface area contributed by atoms with Crippen molar-refractivity contribution in [3.05, 3.63) is 66.5 Å². The Hall–Kier alpha value is -2.93. The highest BCUT2D eigenvalue weighted by Gasteiger charge is 2.07. The molecule has 1 N–H and O–H groups in total. The van der Waals surface area contributed by atoms with Crippen molar-refractivity contribution in [2.45, 2.75) is 5.03 Å². The fourth-order valence-corrected chi connectivity index (χ4v) is 2.83. The summed E-state index contributed by atoms with van der Waals surface area (Å²) in [5.74, 6) is 0.308. The van der Waals surface area contributed by atoms with Crippen LogP contribution < -0.4 is 10.1 Å². The molecule has 5 nitrogen and oxygen atoms in total. The van der Waals surface area contributed by atoms with Gasteiger partial charge < -0.3 is 10.1 Å². The molecule has 3 aromatic rings. The number of halogens is 1. The van der Waals surface area contributed by atoms with Crippen LogP contribution in [0.3, 0.4) is 0 Å². The zero-order chi connectivity index (χ0) is 18.4. The molecule has 0 saturated heterocycles. The second-order valence-corrected chi connectivity index (χ2v) is 6.33. The predicted molar refractivity (Wildman–Crippen MR) is 99.8 cm³/mol. The molecule has 0 saturated carbocycles. The predicted octanol–water partition coefficient (Wildman–Crippen LogP) is 4.02. The first-order chi connectivity index (χ1) is 12.6. The Morgan fingerprint density at radius 3 is 2.58 bits per heavy atom. The average molecular weight is 369 g/mol. The Balaban J connectivity index is 1.56. The maximum Gasteiger partial charge on any atom is 0.234 e. The maximum atomic E-state index is 13.1. The summed E-state index contributed by atoms with van der Waals surface area (Å²) < 4.78 is 18.2. The highest BCUT2D eigenvalue weighted by atomic mass is 32.2.